The van der Waals surface area contributed by atoms with Crippen LogP contribution in [0.4, 0.5) is 13.2 Å². The van der Waals surface area contributed by atoms with Crippen molar-refractivity contribution in [3.8, 4) is 5.75 Å². The average Bonchev–Trinajstić information content (AvgIpc) is 2.82. The molecule has 0 radical (unpaired) electrons. The topological polar surface area (TPSA) is 52.6 Å². The monoisotopic (exact) mass is 302 g/mol. The van der Waals surface area contributed by atoms with Crippen molar-refractivity contribution in [2.45, 2.75) is 12.6 Å². The molecule has 1 saturated heterocycles. The van der Waals surface area contributed by atoms with Gasteiger partial charge in [-0.3, -0.25) is 9.69 Å². The molecule has 0 saturated carbocycles. The Labute approximate surface area is 120 Å². The molecular weight excluding hydrogens is 285 g/mol. The number of hydrogen-bond donors (Lipinski definition) is 2. The van der Waals surface area contributed by atoms with Gasteiger partial charge in [-0.25, -0.2) is 0 Å². The molecule has 1 heterocycles. The number of phenols is 1. The number of nitrogens with one attached hydrogen (secondary N) is 1. The van der Waals surface area contributed by atoms with Crippen LogP contribution in [0.1, 0.15) is 16.8 Å². The van der Waals surface area contributed by atoms with E-state index < -0.39 is 18.6 Å². The molecule has 7 heteroatoms. The van der Waals surface area contributed by atoms with Crippen molar-refractivity contribution in [2.75, 3.05) is 26.2 Å². The lowest BCUT2D eigenvalue weighted by molar-refractivity contribution is -0.143. The van der Waals surface area contributed by atoms with Gasteiger partial charge in [-0.05, 0) is 31.0 Å². The zero-order valence-corrected chi connectivity index (χ0v) is 11.4. The molecular formula is C14H17F3N2O2. The summed E-state index contributed by atoms with van der Waals surface area (Å²) >= 11 is 0. The molecule has 1 aliphatic heterocycles. The van der Waals surface area contributed by atoms with Gasteiger partial charge in [-0.1, -0.05) is 12.1 Å². The second-order valence-electron chi connectivity index (χ2n) is 5.23. The maximum atomic E-state index is 12.3. The van der Waals surface area contributed by atoms with Crippen LogP contribution in [0.2, 0.25) is 0 Å². The molecule has 0 aromatic heterocycles. The van der Waals surface area contributed by atoms with E-state index in [4.69, 9.17) is 0 Å². The van der Waals surface area contributed by atoms with Crippen LogP contribution in [0.15, 0.2) is 24.3 Å². The highest BCUT2D eigenvalue weighted by Gasteiger charge is 2.34. The molecule has 116 valence electrons. The Morgan fingerprint density at radius 2 is 2.10 bits per heavy atom. The van der Waals surface area contributed by atoms with E-state index in [-0.39, 0.29) is 17.2 Å². The molecule has 0 aliphatic carbocycles. The molecule has 1 fully saturated rings. The zero-order valence-electron chi connectivity index (χ0n) is 11.4. The number of carbonyl (C=O) groups excluding carboxylic acids is 1. The number of aromatic hydroxyl groups is 1. The Balaban J connectivity index is 1.80. The fourth-order valence-electron chi connectivity index (χ4n) is 2.47. The minimum atomic E-state index is -4.19. The summed E-state index contributed by atoms with van der Waals surface area (Å²) in [5, 5.41) is 12.2. The van der Waals surface area contributed by atoms with Gasteiger partial charge in [0.05, 0.1) is 12.1 Å². The van der Waals surface area contributed by atoms with E-state index in [0.29, 0.717) is 26.1 Å². The lowest BCUT2D eigenvalue weighted by Gasteiger charge is -2.18. The van der Waals surface area contributed by atoms with Gasteiger partial charge < -0.3 is 10.4 Å². The van der Waals surface area contributed by atoms with Crippen LogP contribution >= 0.6 is 0 Å². The highest BCUT2D eigenvalue weighted by molar-refractivity contribution is 5.96. The van der Waals surface area contributed by atoms with Crippen LogP contribution < -0.4 is 5.32 Å². The number of alkyl halides is 3. The number of para-hydroxylation sites is 1. The van der Waals surface area contributed by atoms with Gasteiger partial charge in [-0.15, -0.1) is 0 Å². The van der Waals surface area contributed by atoms with E-state index in [1.807, 2.05) is 0 Å². The molecule has 4 nitrogen and oxygen atoms in total. The van der Waals surface area contributed by atoms with Gasteiger partial charge in [0.25, 0.3) is 5.91 Å². The molecule has 1 amide bonds. The molecule has 21 heavy (non-hydrogen) atoms. The van der Waals surface area contributed by atoms with E-state index in [9.17, 15) is 23.1 Å². The first-order valence-corrected chi connectivity index (χ1v) is 6.70. The largest absolute Gasteiger partial charge is 0.507 e. The summed E-state index contributed by atoms with van der Waals surface area (Å²) in [5.41, 5.74) is 0.169. The Morgan fingerprint density at radius 3 is 2.76 bits per heavy atom. The average molecular weight is 302 g/mol. The van der Waals surface area contributed by atoms with Crippen LogP contribution in [0.25, 0.3) is 0 Å². The minimum absolute atomic E-state index is 0.00200. The highest BCUT2D eigenvalue weighted by Crippen LogP contribution is 2.22. The second-order valence-corrected chi connectivity index (χ2v) is 5.23. The lowest BCUT2D eigenvalue weighted by atomic mass is 10.1. The maximum absolute atomic E-state index is 12.3. The fraction of sp³-hybridized carbons (Fsp3) is 0.500. The van der Waals surface area contributed by atoms with Gasteiger partial charge in [-0.2, -0.15) is 13.2 Å². The number of carbonyl (C=O) groups is 1. The summed E-state index contributed by atoms with van der Waals surface area (Å²) in [6, 6.07) is 6.15. The SMILES string of the molecule is O=C(NC[C@@H]1CCN(CC(F)(F)F)C1)c1ccccc1O. The second kappa shape index (κ2) is 6.34. The molecule has 1 atom stereocenters. The number of amides is 1. The third-order valence-corrected chi connectivity index (χ3v) is 3.47. The van der Waals surface area contributed by atoms with Crippen LogP contribution in [0.3, 0.4) is 0 Å². The molecule has 0 unspecified atom stereocenters. The number of rotatable bonds is 4. The van der Waals surface area contributed by atoms with Gasteiger partial charge >= 0.3 is 6.18 Å². The lowest BCUT2D eigenvalue weighted by Crippen LogP contribution is -2.34. The van der Waals surface area contributed by atoms with E-state index in [1.165, 1.54) is 17.0 Å². The Morgan fingerprint density at radius 1 is 1.38 bits per heavy atom. The van der Waals surface area contributed by atoms with Crippen molar-refractivity contribution in [3.05, 3.63) is 29.8 Å². The molecule has 0 spiro atoms. The van der Waals surface area contributed by atoms with Crippen LogP contribution in [0, 0.1) is 5.92 Å². The number of halogens is 3. The van der Waals surface area contributed by atoms with Crippen molar-refractivity contribution in [3.63, 3.8) is 0 Å². The Hall–Kier alpha value is -1.76. The summed E-state index contributed by atoms with van der Waals surface area (Å²) in [4.78, 5) is 13.2. The number of likely N-dealkylation sites (tertiary alicyclic amines) is 1. The molecule has 2 N–H and O–H groups in total. The molecule has 2 rings (SSSR count). The molecule has 0 bridgehead atoms. The Bertz CT molecular complexity index is 505. The predicted molar refractivity (Wildman–Crippen MR) is 71.0 cm³/mol. The van der Waals surface area contributed by atoms with Crippen LogP contribution in [-0.2, 0) is 0 Å². The van der Waals surface area contributed by atoms with Crippen molar-refractivity contribution < 1.29 is 23.1 Å². The summed E-state index contributed by atoms with van der Waals surface area (Å²) in [7, 11) is 0. The van der Waals surface area contributed by atoms with Crippen molar-refractivity contribution in [1.29, 1.82) is 0 Å². The third-order valence-electron chi connectivity index (χ3n) is 3.47. The smallest absolute Gasteiger partial charge is 0.401 e. The quantitative estimate of drug-likeness (QED) is 0.894. The van der Waals surface area contributed by atoms with Crippen molar-refractivity contribution in [1.82, 2.24) is 10.2 Å². The third kappa shape index (κ3) is 4.63. The number of hydrogen-bond acceptors (Lipinski definition) is 3. The number of nitrogens with zero attached hydrogens (tertiary/aromatic N) is 1. The fourth-order valence-corrected chi connectivity index (χ4v) is 2.47. The van der Waals surface area contributed by atoms with Crippen LogP contribution in [-0.4, -0.2) is 48.3 Å². The van der Waals surface area contributed by atoms with Crippen molar-refractivity contribution in [2.24, 2.45) is 5.92 Å². The first-order chi connectivity index (χ1) is 9.85. The van der Waals surface area contributed by atoms with Crippen molar-refractivity contribution >= 4 is 5.91 Å². The zero-order chi connectivity index (χ0) is 15.5. The van der Waals surface area contributed by atoms with E-state index >= 15 is 0 Å². The predicted octanol–water partition coefficient (Wildman–Crippen LogP) is 2.01. The maximum Gasteiger partial charge on any atom is 0.401 e. The number of phenolic OH excluding ortho intramolecular Hbond substituents is 1. The summed E-state index contributed by atoms with van der Waals surface area (Å²) in [6.45, 7) is 0.107. The van der Waals surface area contributed by atoms with Gasteiger partial charge in [0.2, 0.25) is 0 Å². The first kappa shape index (κ1) is 15.6. The van der Waals surface area contributed by atoms with Crippen LogP contribution in [0.5, 0.6) is 5.75 Å². The van der Waals surface area contributed by atoms with E-state index in [2.05, 4.69) is 5.32 Å². The first-order valence-electron chi connectivity index (χ1n) is 6.70. The molecule has 1 aliphatic rings. The van der Waals surface area contributed by atoms with Gasteiger partial charge in [0.15, 0.2) is 0 Å². The summed E-state index contributed by atoms with van der Waals surface area (Å²) in [5.74, 6) is -0.523. The highest BCUT2D eigenvalue weighted by atomic mass is 19.4. The van der Waals surface area contributed by atoms with Gasteiger partial charge in [0.1, 0.15) is 5.75 Å². The number of benzene rings is 1. The van der Waals surface area contributed by atoms with E-state index in [1.54, 1.807) is 12.1 Å². The Kier molecular flexibility index (Phi) is 4.72. The van der Waals surface area contributed by atoms with Gasteiger partial charge in [0, 0.05) is 13.1 Å². The normalized spacial score (nSPS) is 19.7. The summed E-state index contributed by atoms with van der Waals surface area (Å²) in [6.07, 6.45) is -3.56. The standard InChI is InChI=1S/C14H17F3N2O2/c15-14(16,17)9-19-6-5-10(8-19)7-18-13(21)11-3-1-2-4-12(11)20/h1-4,10,20H,5-9H2,(H,18,21)/t10-/m0/s1. The summed E-state index contributed by atoms with van der Waals surface area (Å²) < 4.78 is 36.8. The minimum Gasteiger partial charge on any atom is -0.507 e. The molecule has 1 aromatic rings. The molecule has 1 aromatic carbocycles. The van der Waals surface area contributed by atoms with E-state index in [0.717, 1.165) is 0 Å².